The number of anilines is 1. The van der Waals surface area contributed by atoms with Gasteiger partial charge in [0, 0.05) is 24.3 Å². The molecule has 0 aromatic carbocycles. The lowest BCUT2D eigenvalue weighted by molar-refractivity contribution is -0.151. The normalized spacial score (nSPS) is 19.9. The predicted molar refractivity (Wildman–Crippen MR) is 79.9 cm³/mol. The van der Waals surface area contributed by atoms with Gasteiger partial charge in [-0.2, -0.15) is 13.2 Å². The van der Waals surface area contributed by atoms with Crippen LogP contribution in [0.15, 0.2) is 24.5 Å². The maximum absolute atomic E-state index is 12.5. The van der Waals surface area contributed by atoms with Crippen LogP contribution >= 0.6 is 0 Å². The van der Waals surface area contributed by atoms with Gasteiger partial charge >= 0.3 is 6.18 Å². The van der Waals surface area contributed by atoms with Crippen molar-refractivity contribution < 1.29 is 18.0 Å². The van der Waals surface area contributed by atoms with Crippen LogP contribution in [0.25, 0.3) is 10.9 Å². The number of H-pyrrole nitrogens is 1. The van der Waals surface area contributed by atoms with Gasteiger partial charge in [-0.3, -0.25) is 9.69 Å². The van der Waals surface area contributed by atoms with Crippen LogP contribution in [0.2, 0.25) is 0 Å². The molecule has 1 aliphatic heterocycles. The third-order valence-corrected chi connectivity index (χ3v) is 3.99. The van der Waals surface area contributed by atoms with Crippen LogP contribution in [0, 0.1) is 5.92 Å². The number of fused-ring (bicyclic) bond motifs is 1. The molecule has 2 aromatic rings. The third-order valence-electron chi connectivity index (χ3n) is 3.99. The van der Waals surface area contributed by atoms with Crippen LogP contribution in [0.4, 0.5) is 19.0 Å². The number of halogens is 3. The fourth-order valence-electron chi connectivity index (χ4n) is 2.96. The second-order valence-corrected chi connectivity index (χ2v) is 5.78. The van der Waals surface area contributed by atoms with E-state index in [0.29, 0.717) is 30.7 Å². The van der Waals surface area contributed by atoms with E-state index in [-0.39, 0.29) is 12.5 Å². The molecular weight excluding hydrogens is 309 g/mol. The topological polar surface area (TPSA) is 61.0 Å². The lowest BCUT2D eigenvalue weighted by atomic mass is 9.97. The van der Waals surface area contributed by atoms with Crippen molar-refractivity contribution in [3.63, 3.8) is 0 Å². The van der Waals surface area contributed by atoms with Gasteiger partial charge in [-0.1, -0.05) is 0 Å². The Labute approximate surface area is 130 Å². The molecule has 1 fully saturated rings. The minimum atomic E-state index is -4.24. The average molecular weight is 326 g/mol. The second kappa shape index (κ2) is 6.19. The molecule has 0 radical (unpaired) electrons. The van der Waals surface area contributed by atoms with Crippen molar-refractivity contribution in [2.45, 2.75) is 19.0 Å². The molecule has 3 heterocycles. The fourth-order valence-corrected chi connectivity index (χ4v) is 2.96. The summed E-state index contributed by atoms with van der Waals surface area (Å²) in [4.78, 5) is 20.8. The van der Waals surface area contributed by atoms with Crippen LogP contribution < -0.4 is 5.32 Å². The highest BCUT2D eigenvalue weighted by molar-refractivity contribution is 5.99. The van der Waals surface area contributed by atoms with Gasteiger partial charge in [-0.15, -0.1) is 0 Å². The monoisotopic (exact) mass is 326 g/mol. The summed E-state index contributed by atoms with van der Waals surface area (Å²) >= 11 is 0. The first-order valence-corrected chi connectivity index (χ1v) is 7.44. The molecule has 2 aromatic heterocycles. The summed E-state index contributed by atoms with van der Waals surface area (Å²) < 4.78 is 37.5. The zero-order valence-corrected chi connectivity index (χ0v) is 12.4. The van der Waals surface area contributed by atoms with E-state index < -0.39 is 18.6 Å². The van der Waals surface area contributed by atoms with E-state index in [1.54, 1.807) is 12.4 Å². The molecule has 1 amide bonds. The van der Waals surface area contributed by atoms with Crippen molar-refractivity contribution in [2.75, 3.05) is 25.0 Å². The number of aromatic nitrogens is 2. The Bertz CT molecular complexity index is 697. The summed E-state index contributed by atoms with van der Waals surface area (Å²) in [7, 11) is 0. The molecular formula is C15H17F3N4O. The van der Waals surface area contributed by atoms with Crippen LogP contribution in [0.3, 0.4) is 0 Å². The number of pyridine rings is 1. The number of nitrogens with one attached hydrogen (secondary N) is 2. The van der Waals surface area contributed by atoms with E-state index in [1.807, 2.05) is 12.1 Å². The van der Waals surface area contributed by atoms with E-state index in [2.05, 4.69) is 15.3 Å². The Morgan fingerprint density at radius 1 is 1.43 bits per heavy atom. The highest BCUT2D eigenvalue weighted by Gasteiger charge is 2.34. The first kappa shape index (κ1) is 15.8. The number of likely N-dealkylation sites (tertiary alicyclic amines) is 1. The maximum Gasteiger partial charge on any atom is 0.401 e. The summed E-state index contributed by atoms with van der Waals surface area (Å²) in [5.41, 5.74) is 0.712. The minimum absolute atomic E-state index is 0.117. The summed E-state index contributed by atoms with van der Waals surface area (Å²) in [5, 5.41) is 3.65. The summed E-state index contributed by atoms with van der Waals surface area (Å²) in [5.74, 6) is -0.338. The van der Waals surface area contributed by atoms with E-state index in [1.165, 1.54) is 4.90 Å². The van der Waals surface area contributed by atoms with Gasteiger partial charge in [0.05, 0.1) is 18.0 Å². The summed E-state index contributed by atoms with van der Waals surface area (Å²) in [6.07, 6.45) is 0.251. The lowest BCUT2D eigenvalue weighted by Gasteiger charge is -2.32. The Kier molecular flexibility index (Phi) is 4.25. The number of aromatic amines is 1. The van der Waals surface area contributed by atoms with Crippen molar-refractivity contribution in [1.82, 2.24) is 14.9 Å². The van der Waals surface area contributed by atoms with Gasteiger partial charge < -0.3 is 10.3 Å². The van der Waals surface area contributed by atoms with Crippen molar-refractivity contribution >= 4 is 22.6 Å². The number of alkyl halides is 3. The SMILES string of the molecule is O=C(Nc1nccc2cc[nH]c12)C1CCCN(CC(F)(F)F)C1. The van der Waals surface area contributed by atoms with E-state index in [9.17, 15) is 18.0 Å². The van der Waals surface area contributed by atoms with E-state index in [4.69, 9.17) is 0 Å². The molecule has 5 nitrogen and oxygen atoms in total. The number of hydrogen-bond donors (Lipinski definition) is 2. The second-order valence-electron chi connectivity index (χ2n) is 5.78. The molecule has 8 heteroatoms. The van der Waals surface area contributed by atoms with Crippen molar-refractivity contribution in [3.05, 3.63) is 24.5 Å². The fraction of sp³-hybridized carbons (Fsp3) is 0.467. The Morgan fingerprint density at radius 3 is 3.04 bits per heavy atom. The molecule has 0 bridgehead atoms. The quantitative estimate of drug-likeness (QED) is 0.912. The Morgan fingerprint density at radius 2 is 2.26 bits per heavy atom. The number of rotatable bonds is 3. The molecule has 3 rings (SSSR count). The molecule has 0 aliphatic carbocycles. The molecule has 1 atom stereocenters. The van der Waals surface area contributed by atoms with Crippen molar-refractivity contribution in [3.8, 4) is 0 Å². The Balaban J connectivity index is 1.67. The summed E-state index contributed by atoms with van der Waals surface area (Å²) in [6, 6.07) is 3.67. The zero-order valence-electron chi connectivity index (χ0n) is 12.4. The molecule has 1 aliphatic rings. The van der Waals surface area contributed by atoms with Crippen LogP contribution in [-0.4, -0.2) is 46.6 Å². The van der Waals surface area contributed by atoms with Crippen molar-refractivity contribution in [2.24, 2.45) is 5.92 Å². The van der Waals surface area contributed by atoms with Gasteiger partial charge in [-0.05, 0) is 31.5 Å². The maximum atomic E-state index is 12.5. The van der Waals surface area contributed by atoms with Gasteiger partial charge in [-0.25, -0.2) is 4.98 Å². The Hall–Kier alpha value is -2.09. The molecule has 2 N–H and O–H groups in total. The molecule has 1 unspecified atom stereocenters. The van der Waals surface area contributed by atoms with E-state index >= 15 is 0 Å². The molecule has 1 saturated heterocycles. The molecule has 124 valence electrons. The number of amides is 1. The molecule has 0 spiro atoms. The first-order chi connectivity index (χ1) is 10.9. The average Bonchev–Trinajstić information content (AvgIpc) is 2.95. The van der Waals surface area contributed by atoms with Gasteiger partial charge in [0.25, 0.3) is 0 Å². The number of piperidine rings is 1. The van der Waals surface area contributed by atoms with Gasteiger partial charge in [0.15, 0.2) is 5.82 Å². The van der Waals surface area contributed by atoms with Crippen molar-refractivity contribution in [1.29, 1.82) is 0 Å². The number of carbonyl (C=O) groups is 1. The lowest BCUT2D eigenvalue weighted by Crippen LogP contribution is -2.44. The molecule has 23 heavy (non-hydrogen) atoms. The first-order valence-electron chi connectivity index (χ1n) is 7.44. The number of nitrogens with zero attached hydrogens (tertiary/aromatic N) is 2. The predicted octanol–water partition coefficient (Wildman–Crippen LogP) is 2.78. The van der Waals surface area contributed by atoms with Crippen LogP contribution in [0.5, 0.6) is 0 Å². The number of hydrogen-bond acceptors (Lipinski definition) is 3. The number of carbonyl (C=O) groups excluding carboxylic acids is 1. The third kappa shape index (κ3) is 3.82. The van der Waals surface area contributed by atoms with Crippen LogP contribution in [0.1, 0.15) is 12.8 Å². The summed E-state index contributed by atoms with van der Waals surface area (Å²) in [6.45, 7) is -0.485. The minimum Gasteiger partial charge on any atom is -0.358 e. The standard InChI is InChI=1S/C15H17F3N4O/c16-15(17,18)9-22-7-1-2-11(8-22)14(23)21-13-12-10(3-5-19-12)4-6-20-13/h3-6,11,19H,1-2,7-9H2,(H,20,21,23). The largest absolute Gasteiger partial charge is 0.401 e. The zero-order chi connectivity index (χ0) is 16.4. The van der Waals surface area contributed by atoms with Gasteiger partial charge in [0.2, 0.25) is 5.91 Å². The smallest absolute Gasteiger partial charge is 0.358 e. The molecule has 0 saturated carbocycles. The van der Waals surface area contributed by atoms with E-state index in [0.717, 1.165) is 5.39 Å². The highest BCUT2D eigenvalue weighted by atomic mass is 19.4. The van der Waals surface area contributed by atoms with Crippen LogP contribution in [-0.2, 0) is 4.79 Å². The van der Waals surface area contributed by atoms with Gasteiger partial charge in [0.1, 0.15) is 0 Å². The highest BCUT2D eigenvalue weighted by Crippen LogP contribution is 2.24.